The first kappa shape index (κ1) is 16.5. The van der Waals surface area contributed by atoms with Crippen molar-refractivity contribution >= 4 is 5.91 Å². The first-order valence-corrected chi connectivity index (χ1v) is 7.60. The highest BCUT2D eigenvalue weighted by Gasteiger charge is 2.18. The zero-order chi connectivity index (χ0) is 15.0. The molecule has 0 unspecified atom stereocenters. The molecule has 0 radical (unpaired) electrons. The van der Waals surface area contributed by atoms with Crippen molar-refractivity contribution < 1.29 is 9.53 Å². The smallest absolute Gasteiger partial charge is 0.261 e. The van der Waals surface area contributed by atoms with Gasteiger partial charge in [0.2, 0.25) is 0 Å². The van der Waals surface area contributed by atoms with Gasteiger partial charge in [-0.2, -0.15) is 0 Å². The van der Waals surface area contributed by atoms with Crippen molar-refractivity contribution in [1.29, 1.82) is 0 Å². The number of benzene rings is 1. The van der Waals surface area contributed by atoms with Gasteiger partial charge in [0, 0.05) is 6.54 Å². The average molecular weight is 277 g/mol. The van der Waals surface area contributed by atoms with Gasteiger partial charge in [-0.25, -0.2) is 0 Å². The molecule has 0 heterocycles. The molecule has 0 aliphatic heterocycles. The number of nitrogens with one attached hydrogen (secondary N) is 1. The van der Waals surface area contributed by atoms with Crippen LogP contribution in [0.3, 0.4) is 0 Å². The van der Waals surface area contributed by atoms with Gasteiger partial charge in [-0.05, 0) is 43.9 Å². The SMILES string of the molecule is CCCCCNC(=O)[C@@H](CC)Oc1cccc(C)c1C. The maximum atomic E-state index is 12.1. The third kappa shape index (κ3) is 4.87. The van der Waals surface area contributed by atoms with E-state index in [2.05, 4.69) is 12.2 Å². The Kier molecular flexibility index (Phi) is 7.13. The van der Waals surface area contributed by atoms with Crippen LogP contribution < -0.4 is 10.1 Å². The summed E-state index contributed by atoms with van der Waals surface area (Å²) in [6, 6.07) is 5.94. The summed E-state index contributed by atoms with van der Waals surface area (Å²) in [5.74, 6) is 0.796. The summed E-state index contributed by atoms with van der Waals surface area (Å²) in [5.41, 5.74) is 2.28. The van der Waals surface area contributed by atoms with E-state index in [9.17, 15) is 4.79 Å². The van der Waals surface area contributed by atoms with Gasteiger partial charge in [0.05, 0.1) is 0 Å². The van der Waals surface area contributed by atoms with Crippen molar-refractivity contribution in [2.24, 2.45) is 0 Å². The third-order valence-electron chi connectivity index (χ3n) is 3.57. The van der Waals surface area contributed by atoms with Crippen LogP contribution >= 0.6 is 0 Å². The Bertz CT molecular complexity index is 429. The van der Waals surface area contributed by atoms with Gasteiger partial charge in [-0.15, -0.1) is 0 Å². The van der Waals surface area contributed by atoms with E-state index in [0.717, 1.165) is 37.1 Å². The maximum Gasteiger partial charge on any atom is 0.261 e. The van der Waals surface area contributed by atoms with Crippen LogP contribution in [-0.2, 0) is 4.79 Å². The molecule has 0 spiro atoms. The second-order valence-corrected chi connectivity index (χ2v) is 5.21. The highest BCUT2D eigenvalue weighted by atomic mass is 16.5. The van der Waals surface area contributed by atoms with Crippen molar-refractivity contribution in [2.75, 3.05) is 6.54 Å². The summed E-state index contributed by atoms with van der Waals surface area (Å²) in [6.45, 7) is 8.94. The molecule has 0 saturated carbocycles. The quantitative estimate of drug-likeness (QED) is 0.735. The van der Waals surface area contributed by atoms with E-state index in [1.54, 1.807) is 0 Å². The van der Waals surface area contributed by atoms with Crippen LogP contribution in [0.4, 0.5) is 0 Å². The number of aryl methyl sites for hydroxylation is 1. The molecule has 1 aromatic rings. The molecule has 0 aromatic heterocycles. The molecule has 1 amide bonds. The summed E-state index contributed by atoms with van der Waals surface area (Å²) >= 11 is 0. The fraction of sp³-hybridized carbons (Fsp3) is 0.588. The second kappa shape index (κ2) is 8.62. The normalized spacial score (nSPS) is 12.0. The average Bonchev–Trinajstić information content (AvgIpc) is 2.45. The number of ether oxygens (including phenoxy) is 1. The molecule has 1 atom stereocenters. The lowest BCUT2D eigenvalue weighted by Crippen LogP contribution is -2.38. The predicted molar refractivity (Wildman–Crippen MR) is 83.2 cm³/mol. The molecule has 3 nitrogen and oxygen atoms in total. The maximum absolute atomic E-state index is 12.1. The number of unbranched alkanes of at least 4 members (excludes halogenated alkanes) is 2. The van der Waals surface area contributed by atoms with Crippen LogP contribution in [0.5, 0.6) is 5.75 Å². The fourth-order valence-corrected chi connectivity index (χ4v) is 2.03. The van der Waals surface area contributed by atoms with E-state index in [-0.39, 0.29) is 5.91 Å². The van der Waals surface area contributed by atoms with E-state index in [1.165, 1.54) is 5.56 Å². The summed E-state index contributed by atoms with van der Waals surface area (Å²) in [5, 5.41) is 2.96. The van der Waals surface area contributed by atoms with Crippen LogP contribution in [0, 0.1) is 13.8 Å². The van der Waals surface area contributed by atoms with Gasteiger partial charge in [-0.1, -0.05) is 38.8 Å². The second-order valence-electron chi connectivity index (χ2n) is 5.21. The predicted octanol–water partition coefficient (Wildman–Crippen LogP) is 3.77. The Morgan fingerprint density at radius 3 is 2.65 bits per heavy atom. The van der Waals surface area contributed by atoms with E-state index < -0.39 is 6.10 Å². The van der Waals surface area contributed by atoms with Gasteiger partial charge >= 0.3 is 0 Å². The molecular formula is C17H27NO2. The molecule has 0 aliphatic rings. The third-order valence-corrected chi connectivity index (χ3v) is 3.57. The minimum Gasteiger partial charge on any atom is -0.480 e. The van der Waals surface area contributed by atoms with E-state index in [1.807, 2.05) is 39.0 Å². The Balaban J connectivity index is 2.57. The zero-order valence-corrected chi connectivity index (χ0v) is 13.2. The van der Waals surface area contributed by atoms with Gasteiger partial charge < -0.3 is 10.1 Å². The molecular weight excluding hydrogens is 250 g/mol. The van der Waals surface area contributed by atoms with Crippen molar-refractivity contribution in [1.82, 2.24) is 5.32 Å². The van der Waals surface area contributed by atoms with Gasteiger partial charge in [0.15, 0.2) is 6.10 Å². The minimum absolute atomic E-state index is 0.00971. The number of hydrogen-bond acceptors (Lipinski definition) is 2. The van der Waals surface area contributed by atoms with Crippen molar-refractivity contribution in [3.63, 3.8) is 0 Å². The van der Waals surface area contributed by atoms with E-state index >= 15 is 0 Å². The largest absolute Gasteiger partial charge is 0.480 e. The lowest BCUT2D eigenvalue weighted by Gasteiger charge is -2.19. The lowest BCUT2D eigenvalue weighted by molar-refractivity contribution is -0.128. The van der Waals surface area contributed by atoms with Crippen LogP contribution in [0.2, 0.25) is 0 Å². The topological polar surface area (TPSA) is 38.3 Å². The Labute approximate surface area is 122 Å². The monoisotopic (exact) mass is 277 g/mol. The van der Waals surface area contributed by atoms with Crippen LogP contribution in [0.1, 0.15) is 50.7 Å². The lowest BCUT2D eigenvalue weighted by atomic mass is 10.1. The highest BCUT2D eigenvalue weighted by molar-refractivity contribution is 5.81. The molecule has 1 aromatic carbocycles. The van der Waals surface area contributed by atoms with Crippen molar-refractivity contribution in [3.8, 4) is 5.75 Å². The first-order valence-electron chi connectivity index (χ1n) is 7.60. The molecule has 1 rings (SSSR count). The molecule has 0 fully saturated rings. The minimum atomic E-state index is -0.405. The summed E-state index contributed by atoms with van der Waals surface area (Å²) in [7, 11) is 0. The van der Waals surface area contributed by atoms with Gasteiger partial charge in [0.25, 0.3) is 5.91 Å². The number of carbonyl (C=O) groups is 1. The Morgan fingerprint density at radius 2 is 2.00 bits per heavy atom. The summed E-state index contributed by atoms with van der Waals surface area (Å²) in [4.78, 5) is 12.1. The van der Waals surface area contributed by atoms with Gasteiger partial charge in [0.1, 0.15) is 5.75 Å². The summed E-state index contributed by atoms with van der Waals surface area (Å²) < 4.78 is 5.88. The number of hydrogen-bond donors (Lipinski definition) is 1. The molecule has 0 bridgehead atoms. The fourth-order valence-electron chi connectivity index (χ4n) is 2.03. The Morgan fingerprint density at radius 1 is 1.25 bits per heavy atom. The molecule has 0 aliphatic carbocycles. The van der Waals surface area contributed by atoms with E-state index in [0.29, 0.717) is 6.42 Å². The summed E-state index contributed by atoms with van der Waals surface area (Å²) in [6.07, 6.45) is 3.60. The molecule has 1 N–H and O–H groups in total. The van der Waals surface area contributed by atoms with Crippen LogP contribution in [-0.4, -0.2) is 18.6 Å². The van der Waals surface area contributed by atoms with Crippen LogP contribution in [0.25, 0.3) is 0 Å². The van der Waals surface area contributed by atoms with Crippen molar-refractivity contribution in [3.05, 3.63) is 29.3 Å². The number of rotatable bonds is 8. The molecule has 0 saturated heterocycles. The molecule has 20 heavy (non-hydrogen) atoms. The van der Waals surface area contributed by atoms with E-state index in [4.69, 9.17) is 4.74 Å². The Hall–Kier alpha value is -1.51. The number of amides is 1. The van der Waals surface area contributed by atoms with Crippen LogP contribution in [0.15, 0.2) is 18.2 Å². The highest BCUT2D eigenvalue weighted by Crippen LogP contribution is 2.22. The van der Waals surface area contributed by atoms with Gasteiger partial charge in [-0.3, -0.25) is 4.79 Å². The molecule has 112 valence electrons. The first-order chi connectivity index (χ1) is 9.60. The molecule has 3 heteroatoms. The van der Waals surface area contributed by atoms with Crippen molar-refractivity contribution in [2.45, 2.75) is 59.5 Å². The zero-order valence-electron chi connectivity index (χ0n) is 13.2. The standard InChI is InChI=1S/C17H27NO2/c1-5-7-8-12-18-17(19)15(6-2)20-16-11-9-10-13(3)14(16)4/h9-11,15H,5-8,12H2,1-4H3,(H,18,19)/t15-/m1/s1. The number of carbonyl (C=O) groups excluding carboxylic acids is 1.